The summed E-state index contributed by atoms with van der Waals surface area (Å²) < 4.78 is 5.59. The Morgan fingerprint density at radius 1 is 1.50 bits per heavy atom. The van der Waals surface area contributed by atoms with Crippen molar-refractivity contribution in [1.82, 2.24) is 0 Å². The fourth-order valence-electron chi connectivity index (χ4n) is 1.30. The smallest absolute Gasteiger partial charge is 0.342 e. The average molecular weight is 253 g/mol. The molecule has 0 aromatic heterocycles. The van der Waals surface area contributed by atoms with Gasteiger partial charge in [-0.1, -0.05) is 6.92 Å². The molecule has 6 heteroatoms. The summed E-state index contributed by atoms with van der Waals surface area (Å²) in [6.07, 6.45) is 0.729. The van der Waals surface area contributed by atoms with Crippen molar-refractivity contribution in [3.8, 4) is 5.75 Å². The van der Waals surface area contributed by atoms with Crippen LogP contribution >= 0.6 is 0 Å². The van der Waals surface area contributed by atoms with Crippen LogP contribution in [-0.4, -0.2) is 21.6 Å². The average Bonchev–Trinajstić information content (AvgIpc) is 2.28. The molecule has 1 aromatic rings. The molecular weight excluding hydrogens is 238 g/mol. The summed E-state index contributed by atoms with van der Waals surface area (Å²) in [5.74, 6) is -1.04. The van der Waals surface area contributed by atoms with Crippen LogP contribution < -0.4 is 4.74 Å². The Morgan fingerprint density at radius 2 is 2.11 bits per heavy atom. The van der Waals surface area contributed by atoms with Gasteiger partial charge in [-0.25, -0.2) is 4.79 Å². The Balaban J connectivity index is 3.16. The first-order chi connectivity index (χ1) is 8.26. The molecule has 0 aliphatic heterocycles. The quantitative estimate of drug-likeness (QED) is 0.643. The van der Waals surface area contributed by atoms with Gasteiger partial charge in [-0.3, -0.25) is 10.1 Å². The Kier molecular flexibility index (Phi) is 3.90. The van der Waals surface area contributed by atoms with E-state index in [9.17, 15) is 14.9 Å². The zero-order valence-corrected chi connectivity index (χ0v) is 10.5. The molecule has 6 nitrogen and oxygen atoms in total. The Bertz CT molecular complexity index is 481. The fourth-order valence-corrected chi connectivity index (χ4v) is 1.30. The molecule has 0 aliphatic rings. The van der Waals surface area contributed by atoms with E-state index in [2.05, 4.69) is 0 Å². The lowest BCUT2D eigenvalue weighted by atomic mass is 10.1. The highest BCUT2D eigenvalue weighted by atomic mass is 16.6. The number of carboxylic acids is 1. The first-order valence-electron chi connectivity index (χ1n) is 5.47. The lowest BCUT2D eigenvalue weighted by Gasteiger charge is -2.24. The Labute approximate surface area is 104 Å². The molecule has 0 heterocycles. The molecule has 1 aromatic carbocycles. The normalized spacial score (nSPS) is 11.1. The predicted molar refractivity (Wildman–Crippen MR) is 65.1 cm³/mol. The van der Waals surface area contributed by atoms with Gasteiger partial charge in [0.2, 0.25) is 0 Å². The van der Waals surface area contributed by atoms with Crippen molar-refractivity contribution < 1.29 is 19.6 Å². The van der Waals surface area contributed by atoms with Crippen molar-refractivity contribution in [1.29, 1.82) is 0 Å². The topological polar surface area (TPSA) is 89.7 Å². The predicted octanol–water partition coefficient (Wildman–Crippen LogP) is 2.86. The SMILES string of the molecule is CCC(C)(C)Oc1ccc([N+](=O)[O-])c(C(=O)O)c1. The fraction of sp³-hybridized carbons (Fsp3) is 0.417. The third kappa shape index (κ3) is 3.19. The van der Waals surface area contributed by atoms with E-state index in [1.807, 2.05) is 20.8 Å². The van der Waals surface area contributed by atoms with Gasteiger partial charge in [-0.05, 0) is 26.3 Å². The molecule has 0 radical (unpaired) electrons. The van der Waals surface area contributed by atoms with E-state index >= 15 is 0 Å². The van der Waals surface area contributed by atoms with Gasteiger partial charge in [0.05, 0.1) is 4.92 Å². The van der Waals surface area contributed by atoms with E-state index in [0.29, 0.717) is 5.75 Å². The molecule has 1 N–H and O–H groups in total. The van der Waals surface area contributed by atoms with Gasteiger partial charge in [-0.2, -0.15) is 0 Å². The first kappa shape index (κ1) is 14.0. The first-order valence-corrected chi connectivity index (χ1v) is 5.47. The van der Waals surface area contributed by atoms with E-state index in [4.69, 9.17) is 9.84 Å². The van der Waals surface area contributed by atoms with Crippen molar-refractivity contribution in [3.63, 3.8) is 0 Å². The van der Waals surface area contributed by atoms with E-state index < -0.39 is 22.2 Å². The molecule has 18 heavy (non-hydrogen) atoms. The number of nitro benzene ring substituents is 1. The lowest BCUT2D eigenvalue weighted by molar-refractivity contribution is -0.385. The third-order valence-electron chi connectivity index (χ3n) is 2.64. The number of ether oxygens (including phenoxy) is 1. The Morgan fingerprint density at radius 3 is 2.56 bits per heavy atom. The summed E-state index contributed by atoms with van der Waals surface area (Å²) in [7, 11) is 0. The molecule has 98 valence electrons. The van der Waals surface area contributed by atoms with Crippen LogP contribution in [0.15, 0.2) is 18.2 Å². The van der Waals surface area contributed by atoms with Crippen LogP contribution in [0.3, 0.4) is 0 Å². The molecular formula is C12H15NO5. The van der Waals surface area contributed by atoms with Crippen molar-refractivity contribution >= 4 is 11.7 Å². The number of nitro groups is 1. The van der Waals surface area contributed by atoms with Gasteiger partial charge in [0.15, 0.2) is 0 Å². The molecule has 0 atom stereocenters. The second-order valence-corrected chi connectivity index (χ2v) is 4.46. The van der Waals surface area contributed by atoms with Crippen molar-refractivity contribution in [3.05, 3.63) is 33.9 Å². The Hall–Kier alpha value is -2.11. The van der Waals surface area contributed by atoms with E-state index in [1.165, 1.54) is 12.1 Å². The number of benzene rings is 1. The molecule has 0 spiro atoms. The third-order valence-corrected chi connectivity index (χ3v) is 2.64. The monoisotopic (exact) mass is 253 g/mol. The van der Waals surface area contributed by atoms with Crippen LogP contribution in [0.4, 0.5) is 5.69 Å². The second kappa shape index (κ2) is 5.03. The van der Waals surface area contributed by atoms with Crippen molar-refractivity contribution in [2.75, 3.05) is 0 Å². The summed E-state index contributed by atoms with van der Waals surface area (Å²) in [6.45, 7) is 5.65. The minimum Gasteiger partial charge on any atom is -0.488 e. The maximum absolute atomic E-state index is 11.0. The summed E-state index contributed by atoms with van der Waals surface area (Å²) in [6, 6.07) is 3.73. The molecule has 1 rings (SSSR count). The maximum Gasteiger partial charge on any atom is 0.342 e. The molecule has 0 aliphatic carbocycles. The van der Waals surface area contributed by atoms with Crippen molar-refractivity contribution in [2.24, 2.45) is 0 Å². The summed E-state index contributed by atoms with van der Waals surface area (Å²) in [4.78, 5) is 20.9. The standard InChI is InChI=1S/C12H15NO5/c1-4-12(2,3)18-8-5-6-10(13(16)17)9(7-8)11(14)15/h5-7H,4H2,1-3H3,(H,14,15). The highest BCUT2D eigenvalue weighted by Gasteiger charge is 2.23. The summed E-state index contributed by atoms with van der Waals surface area (Å²) in [5.41, 5.74) is -1.26. The minimum absolute atomic E-state index is 0.310. The minimum atomic E-state index is -1.35. The number of carboxylic acid groups (broad SMARTS) is 1. The summed E-state index contributed by atoms with van der Waals surface area (Å²) >= 11 is 0. The van der Waals surface area contributed by atoms with Crippen LogP contribution in [0.5, 0.6) is 5.75 Å². The number of carbonyl (C=O) groups is 1. The van der Waals surface area contributed by atoms with Gasteiger partial charge in [0.25, 0.3) is 5.69 Å². The van der Waals surface area contributed by atoms with Gasteiger partial charge >= 0.3 is 5.97 Å². The number of hydrogen-bond donors (Lipinski definition) is 1. The molecule has 0 unspecified atom stereocenters. The molecule has 0 fully saturated rings. The van der Waals surface area contributed by atoms with Crippen LogP contribution in [0.1, 0.15) is 37.6 Å². The van der Waals surface area contributed by atoms with E-state index in [0.717, 1.165) is 12.5 Å². The summed E-state index contributed by atoms with van der Waals surface area (Å²) in [5, 5.41) is 19.6. The van der Waals surface area contributed by atoms with Crippen LogP contribution in [0, 0.1) is 10.1 Å². The highest BCUT2D eigenvalue weighted by Crippen LogP contribution is 2.27. The molecule has 0 bridgehead atoms. The molecule has 0 saturated heterocycles. The lowest BCUT2D eigenvalue weighted by Crippen LogP contribution is -2.26. The number of nitrogens with zero attached hydrogens (tertiary/aromatic N) is 1. The maximum atomic E-state index is 11.0. The largest absolute Gasteiger partial charge is 0.488 e. The zero-order valence-electron chi connectivity index (χ0n) is 10.5. The van der Waals surface area contributed by atoms with Gasteiger partial charge in [0.1, 0.15) is 16.9 Å². The number of rotatable bonds is 5. The van der Waals surface area contributed by atoms with E-state index in [-0.39, 0.29) is 5.56 Å². The van der Waals surface area contributed by atoms with Gasteiger partial charge in [0, 0.05) is 12.1 Å². The van der Waals surface area contributed by atoms with Crippen LogP contribution in [0.25, 0.3) is 0 Å². The molecule has 0 amide bonds. The highest BCUT2D eigenvalue weighted by molar-refractivity contribution is 5.92. The van der Waals surface area contributed by atoms with Crippen LogP contribution in [-0.2, 0) is 0 Å². The van der Waals surface area contributed by atoms with E-state index in [1.54, 1.807) is 0 Å². The van der Waals surface area contributed by atoms with Crippen molar-refractivity contribution in [2.45, 2.75) is 32.8 Å². The van der Waals surface area contributed by atoms with Gasteiger partial charge < -0.3 is 9.84 Å². The number of aromatic carboxylic acids is 1. The second-order valence-electron chi connectivity index (χ2n) is 4.46. The van der Waals surface area contributed by atoms with Crippen LogP contribution in [0.2, 0.25) is 0 Å². The van der Waals surface area contributed by atoms with Gasteiger partial charge in [-0.15, -0.1) is 0 Å². The number of hydrogen-bond acceptors (Lipinski definition) is 4. The molecule has 0 saturated carbocycles. The zero-order chi connectivity index (χ0) is 13.9.